The topological polar surface area (TPSA) is 116 Å². The number of anilines is 1. The lowest BCUT2D eigenvalue weighted by molar-refractivity contribution is -0.132. The number of aromatic nitrogens is 2. The number of benzene rings is 3. The number of fused-ring (bicyclic) bond motifs is 1. The Balaban J connectivity index is 1.76. The fourth-order valence-corrected chi connectivity index (χ4v) is 4.23. The Morgan fingerprint density at radius 2 is 1.79 bits per heavy atom. The van der Waals surface area contributed by atoms with Crippen LogP contribution in [0.1, 0.15) is 22.7 Å². The van der Waals surface area contributed by atoms with Gasteiger partial charge >= 0.3 is 5.91 Å². The number of carbonyl (C=O) groups is 2. The summed E-state index contributed by atoms with van der Waals surface area (Å²) >= 11 is 0. The number of nitrogens with one attached hydrogen (secondary N) is 1. The van der Waals surface area contributed by atoms with Gasteiger partial charge in [0.05, 0.1) is 35.3 Å². The number of aromatic amines is 1. The number of aliphatic hydroxyl groups is 1. The zero-order valence-corrected chi connectivity index (χ0v) is 18.4. The van der Waals surface area contributed by atoms with E-state index in [0.29, 0.717) is 27.9 Å². The maximum atomic E-state index is 13.3. The van der Waals surface area contributed by atoms with Gasteiger partial charge in [-0.1, -0.05) is 35.9 Å². The lowest BCUT2D eigenvalue weighted by Crippen LogP contribution is -2.30. The number of Topliss-reactive ketones (excluding diaryl/α,β-unsaturated/α-hetero) is 1. The molecule has 1 amide bonds. The average Bonchev–Trinajstić information content (AvgIpc) is 3.37. The first-order valence-electron chi connectivity index (χ1n) is 10.6. The molecular weight excluding hydrogens is 434 g/mol. The second kappa shape index (κ2) is 8.08. The molecular formula is C26H21N3O5. The van der Waals surface area contributed by atoms with Crippen molar-refractivity contribution in [3.05, 3.63) is 89.0 Å². The van der Waals surface area contributed by atoms with Crippen molar-refractivity contribution in [1.82, 2.24) is 9.97 Å². The van der Waals surface area contributed by atoms with E-state index in [0.717, 1.165) is 5.56 Å². The summed E-state index contributed by atoms with van der Waals surface area (Å²) in [4.78, 5) is 35.4. The number of phenolic OH excluding ortho intramolecular Hbond substituents is 1. The summed E-state index contributed by atoms with van der Waals surface area (Å²) in [5.74, 6) is -1.45. The summed E-state index contributed by atoms with van der Waals surface area (Å²) < 4.78 is 5.40. The highest BCUT2D eigenvalue weighted by atomic mass is 16.5. The van der Waals surface area contributed by atoms with Gasteiger partial charge in [0.25, 0.3) is 5.78 Å². The number of aromatic hydroxyl groups is 1. The number of rotatable bonds is 4. The van der Waals surface area contributed by atoms with Gasteiger partial charge in [-0.15, -0.1) is 0 Å². The van der Waals surface area contributed by atoms with Crippen molar-refractivity contribution in [3.63, 3.8) is 0 Å². The Morgan fingerprint density at radius 1 is 1.06 bits per heavy atom. The summed E-state index contributed by atoms with van der Waals surface area (Å²) in [6.45, 7) is 1.85. The number of aryl methyl sites for hydroxylation is 1. The number of methoxy groups -OCH3 is 1. The van der Waals surface area contributed by atoms with Crippen LogP contribution in [-0.4, -0.2) is 39.0 Å². The van der Waals surface area contributed by atoms with Crippen molar-refractivity contribution in [2.24, 2.45) is 0 Å². The van der Waals surface area contributed by atoms with E-state index in [1.165, 1.54) is 24.1 Å². The minimum Gasteiger partial charge on any atom is -0.508 e. The zero-order valence-electron chi connectivity index (χ0n) is 18.4. The molecule has 1 aromatic heterocycles. The van der Waals surface area contributed by atoms with Crippen LogP contribution in [0, 0.1) is 6.92 Å². The van der Waals surface area contributed by atoms with Crippen molar-refractivity contribution in [1.29, 1.82) is 0 Å². The number of para-hydroxylation sites is 2. The molecule has 3 aromatic carbocycles. The lowest BCUT2D eigenvalue weighted by Gasteiger charge is -2.23. The van der Waals surface area contributed by atoms with E-state index >= 15 is 0 Å². The van der Waals surface area contributed by atoms with Gasteiger partial charge in [-0.25, -0.2) is 4.98 Å². The highest BCUT2D eigenvalue weighted by molar-refractivity contribution is 6.51. The van der Waals surface area contributed by atoms with E-state index in [2.05, 4.69) is 9.97 Å². The molecule has 1 atom stereocenters. The van der Waals surface area contributed by atoms with Crippen LogP contribution in [0.4, 0.5) is 5.95 Å². The predicted octanol–water partition coefficient (Wildman–Crippen LogP) is 4.21. The Morgan fingerprint density at radius 3 is 2.50 bits per heavy atom. The van der Waals surface area contributed by atoms with Gasteiger partial charge in [0, 0.05) is 0 Å². The molecule has 3 N–H and O–H groups in total. The molecule has 1 aliphatic heterocycles. The average molecular weight is 455 g/mol. The van der Waals surface area contributed by atoms with Crippen molar-refractivity contribution in [2.75, 3.05) is 12.0 Å². The lowest BCUT2D eigenvalue weighted by atomic mass is 9.94. The number of H-pyrrole nitrogens is 1. The molecule has 0 aliphatic carbocycles. The largest absolute Gasteiger partial charge is 0.508 e. The highest BCUT2D eigenvalue weighted by Gasteiger charge is 2.48. The molecule has 0 saturated carbocycles. The first-order valence-corrected chi connectivity index (χ1v) is 10.6. The number of ketones is 1. The number of ether oxygens (including phenoxy) is 1. The second-order valence-corrected chi connectivity index (χ2v) is 8.04. The van der Waals surface area contributed by atoms with Gasteiger partial charge in [0.15, 0.2) is 0 Å². The minimum absolute atomic E-state index is 0.0322. The first-order chi connectivity index (χ1) is 16.4. The maximum Gasteiger partial charge on any atom is 0.302 e. The summed E-state index contributed by atoms with van der Waals surface area (Å²) in [6, 6.07) is 17.6. The summed E-state index contributed by atoms with van der Waals surface area (Å²) in [7, 11) is 1.46. The Bertz CT molecular complexity index is 1440. The summed E-state index contributed by atoms with van der Waals surface area (Å²) in [5.41, 5.74) is 2.89. The fraction of sp³-hybridized carbons (Fsp3) is 0.115. The van der Waals surface area contributed by atoms with Crippen molar-refractivity contribution in [3.8, 4) is 11.5 Å². The quantitative estimate of drug-likeness (QED) is 0.241. The molecule has 34 heavy (non-hydrogen) atoms. The fourth-order valence-electron chi connectivity index (χ4n) is 4.23. The zero-order chi connectivity index (χ0) is 24.0. The number of amides is 1. The second-order valence-electron chi connectivity index (χ2n) is 8.04. The van der Waals surface area contributed by atoms with Gasteiger partial charge in [0.1, 0.15) is 17.3 Å². The van der Waals surface area contributed by atoms with Crippen molar-refractivity contribution < 1.29 is 24.5 Å². The standard InChI is InChI=1S/C26H21N3O5/c1-14-7-12-20(34-2)17(13-14)23(31)21-22(15-8-10-16(30)11-9-15)29(25(33)24(21)32)26-27-18-5-3-4-6-19(18)28-26/h3-13,22,30-31H,1-2H3,(H,27,28)/b23-21+. The van der Waals surface area contributed by atoms with E-state index in [1.54, 1.807) is 30.3 Å². The smallest absolute Gasteiger partial charge is 0.302 e. The molecule has 2 heterocycles. The third kappa shape index (κ3) is 3.36. The molecule has 4 aromatic rings. The molecule has 0 radical (unpaired) electrons. The van der Waals surface area contributed by atoms with Crippen LogP contribution in [0.15, 0.2) is 72.3 Å². The predicted molar refractivity (Wildman–Crippen MR) is 127 cm³/mol. The first kappa shape index (κ1) is 21.3. The van der Waals surface area contributed by atoms with Crippen LogP contribution in [0.3, 0.4) is 0 Å². The third-order valence-electron chi connectivity index (χ3n) is 5.87. The number of nitrogens with zero attached hydrogens (tertiary/aromatic N) is 2. The van der Waals surface area contributed by atoms with Gasteiger partial charge in [-0.05, 0) is 48.9 Å². The van der Waals surface area contributed by atoms with Gasteiger partial charge in [-0.2, -0.15) is 0 Å². The van der Waals surface area contributed by atoms with E-state index in [1.807, 2.05) is 31.2 Å². The Labute approximate surface area is 194 Å². The van der Waals surface area contributed by atoms with Crippen LogP contribution in [0.2, 0.25) is 0 Å². The minimum atomic E-state index is -0.980. The number of phenols is 1. The monoisotopic (exact) mass is 455 g/mol. The Hall–Kier alpha value is -4.59. The number of carbonyl (C=O) groups excluding carboxylic acids is 2. The van der Waals surface area contributed by atoms with Gasteiger partial charge < -0.3 is 19.9 Å². The number of aliphatic hydroxyl groups excluding tert-OH is 1. The van der Waals surface area contributed by atoms with Gasteiger partial charge in [0.2, 0.25) is 5.95 Å². The molecule has 8 heteroatoms. The van der Waals surface area contributed by atoms with E-state index in [-0.39, 0.29) is 23.0 Å². The van der Waals surface area contributed by atoms with Gasteiger partial charge in [-0.3, -0.25) is 14.5 Å². The molecule has 1 aliphatic rings. The molecule has 1 fully saturated rings. The molecule has 8 nitrogen and oxygen atoms in total. The molecule has 0 bridgehead atoms. The number of hydrogen-bond donors (Lipinski definition) is 3. The molecule has 170 valence electrons. The van der Waals surface area contributed by atoms with Crippen molar-refractivity contribution in [2.45, 2.75) is 13.0 Å². The van der Waals surface area contributed by atoms with Crippen LogP contribution in [0.25, 0.3) is 16.8 Å². The molecule has 0 spiro atoms. The third-order valence-corrected chi connectivity index (χ3v) is 5.87. The van der Waals surface area contributed by atoms with E-state index in [4.69, 9.17) is 4.74 Å². The summed E-state index contributed by atoms with van der Waals surface area (Å²) in [5, 5.41) is 21.1. The molecule has 5 rings (SSSR count). The molecule has 1 unspecified atom stereocenters. The normalized spacial score (nSPS) is 17.5. The molecule has 1 saturated heterocycles. The van der Waals surface area contributed by atoms with Crippen LogP contribution < -0.4 is 9.64 Å². The van der Waals surface area contributed by atoms with Crippen LogP contribution in [-0.2, 0) is 9.59 Å². The number of hydrogen-bond acceptors (Lipinski definition) is 6. The van der Waals surface area contributed by atoms with Crippen molar-refractivity contribution >= 4 is 34.4 Å². The highest BCUT2D eigenvalue weighted by Crippen LogP contribution is 2.43. The summed E-state index contributed by atoms with van der Waals surface area (Å²) in [6.07, 6.45) is 0. The van der Waals surface area contributed by atoms with Crippen LogP contribution in [0.5, 0.6) is 11.5 Å². The van der Waals surface area contributed by atoms with Crippen LogP contribution >= 0.6 is 0 Å². The Kier molecular flexibility index (Phi) is 5.05. The maximum absolute atomic E-state index is 13.3. The number of imidazole rings is 1. The van der Waals surface area contributed by atoms with E-state index in [9.17, 15) is 19.8 Å². The van der Waals surface area contributed by atoms with E-state index < -0.39 is 17.7 Å². The SMILES string of the molecule is COc1ccc(C)cc1/C(O)=C1\C(=O)C(=O)N(c2nc3ccccc3[nH]2)C1c1ccc(O)cc1.